The Balaban J connectivity index is 1.59. The van der Waals surface area contributed by atoms with E-state index >= 15 is 0 Å². The zero-order chi connectivity index (χ0) is 17.5. The standard InChI is InChI=1S/C20H22N4O/c1-24(17-6-4-3-5-7-17)19-13-15-22-20(23-19)21-14-12-16-8-10-18(25-2)11-9-16/h3-11,13,15H,12,14H2,1-2H3,(H,21,22,23). The Bertz CT molecular complexity index is 790. The van der Waals surface area contributed by atoms with Crippen LogP contribution in [0.15, 0.2) is 66.9 Å². The molecule has 0 aliphatic heterocycles. The Morgan fingerprint density at radius 3 is 2.48 bits per heavy atom. The molecule has 0 aliphatic rings. The van der Waals surface area contributed by atoms with Crippen molar-refractivity contribution in [1.82, 2.24) is 9.97 Å². The quantitative estimate of drug-likeness (QED) is 0.710. The van der Waals surface area contributed by atoms with Crippen molar-refractivity contribution >= 4 is 17.5 Å². The first-order valence-corrected chi connectivity index (χ1v) is 8.25. The molecule has 0 fully saturated rings. The number of rotatable bonds is 7. The lowest BCUT2D eigenvalue weighted by Crippen LogP contribution is -2.14. The maximum atomic E-state index is 5.17. The van der Waals surface area contributed by atoms with Crippen LogP contribution in [0.2, 0.25) is 0 Å². The number of anilines is 3. The lowest BCUT2D eigenvalue weighted by molar-refractivity contribution is 0.414. The molecule has 3 aromatic rings. The molecule has 0 atom stereocenters. The Morgan fingerprint density at radius 2 is 1.76 bits per heavy atom. The van der Waals surface area contributed by atoms with Crippen molar-refractivity contribution in [2.24, 2.45) is 0 Å². The first kappa shape index (κ1) is 16.8. The third kappa shape index (κ3) is 4.47. The van der Waals surface area contributed by atoms with E-state index in [0.717, 1.165) is 30.2 Å². The molecule has 128 valence electrons. The van der Waals surface area contributed by atoms with Gasteiger partial charge in [0.25, 0.3) is 0 Å². The maximum absolute atomic E-state index is 5.17. The molecule has 3 rings (SSSR count). The van der Waals surface area contributed by atoms with Crippen LogP contribution >= 0.6 is 0 Å². The molecule has 0 saturated carbocycles. The summed E-state index contributed by atoms with van der Waals surface area (Å²) in [5, 5.41) is 3.29. The summed E-state index contributed by atoms with van der Waals surface area (Å²) >= 11 is 0. The second-order valence-electron chi connectivity index (χ2n) is 5.66. The van der Waals surface area contributed by atoms with Crippen molar-refractivity contribution in [1.29, 1.82) is 0 Å². The smallest absolute Gasteiger partial charge is 0.224 e. The molecule has 0 unspecified atom stereocenters. The predicted octanol–water partition coefficient (Wildman–Crippen LogP) is 3.91. The van der Waals surface area contributed by atoms with Crippen molar-refractivity contribution < 1.29 is 4.74 Å². The fourth-order valence-corrected chi connectivity index (χ4v) is 2.52. The first-order valence-electron chi connectivity index (χ1n) is 8.25. The maximum Gasteiger partial charge on any atom is 0.224 e. The highest BCUT2D eigenvalue weighted by Crippen LogP contribution is 2.21. The summed E-state index contributed by atoms with van der Waals surface area (Å²) in [6, 6.07) is 20.1. The molecule has 0 radical (unpaired) electrons. The van der Waals surface area contributed by atoms with Crippen molar-refractivity contribution in [3.8, 4) is 5.75 Å². The summed E-state index contributed by atoms with van der Waals surface area (Å²) in [6.07, 6.45) is 2.67. The van der Waals surface area contributed by atoms with E-state index in [9.17, 15) is 0 Å². The Hall–Kier alpha value is -3.08. The van der Waals surface area contributed by atoms with Crippen molar-refractivity contribution in [2.45, 2.75) is 6.42 Å². The van der Waals surface area contributed by atoms with Gasteiger partial charge in [-0.1, -0.05) is 30.3 Å². The van der Waals surface area contributed by atoms with Gasteiger partial charge in [0.2, 0.25) is 5.95 Å². The zero-order valence-electron chi connectivity index (χ0n) is 14.5. The second kappa shape index (κ2) is 8.15. The molecule has 0 bridgehead atoms. The molecule has 0 saturated heterocycles. The lowest BCUT2D eigenvalue weighted by atomic mass is 10.1. The van der Waals surface area contributed by atoms with Crippen LogP contribution in [-0.2, 0) is 6.42 Å². The minimum atomic E-state index is 0.633. The third-order valence-corrected chi connectivity index (χ3v) is 3.98. The number of para-hydroxylation sites is 1. The van der Waals surface area contributed by atoms with Crippen LogP contribution in [0.4, 0.5) is 17.5 Å². The summed E-state index contributed by atoms with van der Waals surface area (Å²) in [5.74, 6) is 2.36. The number of ether oxygens (including phenoxy) is 1. The number of nitrogens with one attached hydrogen (secondary N) is 1. The van der Waals surface area contributed by atoms with E-state index < -0.39 is 0 Å². The predicted molar refractivity (Wildman–Crippen MR) is 102 cm³/mol. The Kier molecular flexibility index (Phi) is 5.46. The first-order chi connectivity index (χ1) is 12.3. The number of aromatic nitrogens is 2. The lowest BCUT2D eigenvalue weighted by Gasteiger charge is -2.18. The van der Waals surface area contributed by atoms with E-state index in [4.69, 9.17) is 4.74 Å². The van der Waals surface area contributed by atoms with Crippen molar-refractivity contribution in [3.63, 3.8) is 0 Å². The summed E-state index contributed by atoms with van der Waals surface area (Å²) < 4.78 is 5.17. The minimum absolute atomic E-state index is 0.633. The number of hydrogen-bond donors (Lipinski definition) is 1. The molecule has 1 N–H and O–H groups in total. The minimum Gasteiger partial charge on any atom is -0.497 e. The van der Waals surface area contributed by atoms with Crippen LogP contribution in [0, 0.1) is 0 Å². The average Bonchev–Trinajstić information content (AvgIpc) is 2.69. The zero-order valence-corrected chi connectivity index (χ0v) is 14.5. The van der Waals surface area contributed by atoms with Crippen LogP contribution in [0.3, 0.4) is 0 Å². The number of methoxy groups -OCH3 is 1. The van der Waals surface area contributed by atoms with E-state index in [1.165, 1.54) is 5.56 Å². The van der Waals surface area contributed by atoms with E-state index in [0.29, 0.717) is 5.95 Å². The Labute approximate surface area is 148 Å². The van der Waals surface area contributed by atoms with Crippen molar-refractivity contribution in [3.05, 3.63) is 72.4 Å². The van der Waals surface area contributed by atoms with Crippen LogP contribution in [0.1, 0.15) is 5.56 Å². The molecule has 1 heterocycles. The number of benzene rings is 2. The van der Waals surface area contributed by atoms with Gasteiger partial charge in [0.15, 0.2) is 0 Å². The van der Waals surface area contributed by atoms with Gasteiger partial charge in [0.05, 0.1) is 7.11 Å². The topological polar surface area (TPSA) is 50.3 Å². The highest BCUT2D eigenvalue weighted by atomic mass is 16.5. The van der Waals surface area contributed by atoms with Gasteiger partial charge in [-0.2, -0.15) is 4.98 Å². The molecular formula is C20H22N4O. The molecule has 25 heavy (non-hydrogen) atoms. The molecule has 5 heteroatoms. The molecule has 1 aromatic heterocycles. The molecule has 0 amide bonds. The summed E-state index contributed by atoms with van der Waals surface area (Å²) in [7, 11) is 3.67. The van der Waals surface area contributed by atoms with Crippen LogP contribution in [0.25, 0.3) is 0 Å². The van der Waals surface area contributed by atoms with E-state index in [1.807, 2.05) is 48.3 Å². The van der Waals surface area contributed by atoms with Gasteiger partial charge >= 0.3 is 0 Å². The van der Waals surface area contributed by atoms with Gasteiger partial charge in [0, 0.05) is 25.5 Å². The number of hydrogen-bond acceptors (Lipinski definition) is 5. The summed E-state index contributed by atoms with van der Waals surface area (Å²) in [5.41, 5.74) is 2.33. The molecule has 2 aromatic carbocycles. The number of nitrogens with zero attached hydrogens (tertiary/aromatic N) is 3. The van der Waals surface area contributed by atoms with E-state index in [1.54, 1.807) is 13.3 Å². The van der Waals surface area contributed by atoms with Crippen LogP contribution in [0.5, 0.6) is 5.75 Å². The molecular weight excluding hydrogens is 312 g/mol. The fraction of sp³-hybridized carbons (Fsp3) is 0.200. The molecule has 0 spiro atoms. The fourth-order valence-electron chi connectivity index (χ4n) is 2.52. The highest BCUT2D eigenvalue weighted by Gasteiger charge is 2.06. The van der Waals surface area contributed by atoms with E-state index in [2.05, 4.69) is 39.6 Å². The highest BCUT2D eigenvalue weighted by molar-refractivity contribution is 5.59. The van der Waals surface area contributed by atoms with Gasteiger partial charge in [-0.05, 0) is 42.3 Å². The monoisotopic (exact) mass is 334 g/mol. The van der Waals surface area contributed by atoms with Crippen molar-refractivity contribution in [2.75, 3.05) is 30.9 Å². The van der Waals surface area contributed by atoms with Gasteiger partial charge in [0.1, 0.15) is 11.6 Å². The molecule has 5 nitrogen and oxygen atoms in total. The van der Waals surface area contributed by atoms with Gasteiger partial charge in [-0.25, -0.2) is 4.98 Å². The van der Waals surface area contributed by atoms with Crippen LogP contribution in [-0.4, -0.2) is 30.7 Å². The Morgan fingerprint density at radius 1 is 1.00 bits per heavy atom. The third-order valence-electron chi connectivity index (χ3n) is 3.98. The SMILES string of the molecule is COc1ccc(CCNc2nccc(N(C)c3ccccc3)n2)cc1. The van der Waals surface area contributed by atoms with Gasteiger partial charge in [-0.15, -0.1) is 0 Å². The second-order valence-corrected chi connectivity index (χ2v) is 5.66. The van der Waals surface area contributed by atoms with Crippen LogP contribution < -0.4 is 15.0 Å². The van der Waals surface area contributed by atoms with Gasteiger partial charge < -0.3 is 15.0 Å². The largest absolute Gasteiger partial charge is 0.497 e. The summed E-state index contributed by atoms with van der Waals surface area (Å²) in [4.78, 5) is 10.9. The normalized spacial score (nSPS) is 10.3. The average molecular weight is 334 g/mol. The summed E-state index contributed by atoms with van der Waals surface area (Å²) in [6.45, 7) is 0.769. The van der Waals surface area contributed by atoms with Gasteiger partial charge in [-0.3, -0.25) is 0 Å². The molecule has 0 aliphatic carbocycles. The van der Waals surface area contributed by atoms with E-state index in [-0.39, 0.29) is 0 Å².